The molecular formula is C20H28O3. The summed E-state index contributed by atoms with van der Waals surface area (Å²) in [6, 6.07) is 0. The minimum atomic E-state index is -0.0998. The number of carbonyl (C=O) groups is 2. The number of aliphatic hydroxyl groups is 1. The van der Waals surface area contributed by atoms with Gasteiger partial charge in [-0.15, -0.1) is 0 Å². The molecular weight excluding hydrogens is 288 g/mol. The van der Waals surface area contributed by atoms with Crippen molar-refractivity contribution in [3.8, 4) is 0 Å². The normalized spacial score (nSPS) is 46.0. The van der Waals surface area contributed by atoms with Gasteiger partial charge in [-0.1, -0.05) is 18.6 Å². The Morgan fingerprint density at radius 3 is 2.78 bits per heavy atom. The first-order valence-electron chi connectivity index (χ1n) is 9.37. The third-order valence-corrected chi connectivity index (χ3v) is 7.93. The third-order valence-electron chi connectivity index (χ3n) is 7.93. The largest absolute Gasteiger partial charge is 0.396 e. The molecule has 0 aromatic rings. The van der Waals surface area contributed by atoms with Crippen molar-refractivity contribution in [2.75, 3.05) is 6.61 Å². The highest BCUT2D eigenvalue weighted by atomic mass is 16.3. The Morgan fingerprint density at radius 2 is 2.00 bits per heavy atom. The average molecular weight is 316 g/mol. The number of carbonyl (C=O) groups excluding carboxylic acids is 2. The van der Waals surface area contributed by atoms with Crippen LogP contribution in [0.5, 0.6) is 0 Å². The maximum Gasteiger partial charge on any atom is 0.139 e. The van der Waals surface area contributed by atoms with Crippen molar-refractivity contribution in [1.82, 2.24) is 0 Å². The van der Waals surface area contributed by atoms with Crippen molar-refractivity contribution in [3.05, 3.63) is 11.6 Å². The SMILES string of the molecule is C[C@]12CC[C@H]3[C@@H](CC=C4CC(=O)CC[C@@]43CCO)[C@@H]1CCC2=O. The Morgan fingerprint density at radius 1 is 1.17 bits per heavy atom. The van der Waals surface area contributed by atoms with Gasteiger partial charge in [0, 0.05) is 31.3 Å². The number of rotatable bonds is 2. The van der Waals surface area contributed by atoms with Gasteiger partial charge in [0.05, 0.1) is 0 Å². The van der Waals surface area contributed by atoms with Gasteiger partial charge in [0.15, 0.2) is 0 Å². The van der Waals surface area contributed by atoms with Crippen molar-refractivity contribution < 1.29 is 14.7 Å². The van der Waals surface area contributed by atoms with E-state index in [1.165, 1.54) is 5.57 Å². The van der Waals surface area contributed by atoms with E-state index in [4.69, 9.17) is 0 Å². The topological polar surface area (TPSA) is 54.4 Å². The lowest BCUT2D eigenvalue weighted by molar-refractivity contribution is -0.133. The van der Waals surface area contributed by atoms with Crippen LogP contribution in [0.15, 0.2) is 11.6 Å². The van der Waals surface area contributed by atoms with Crippen LogP contribution in [0.25, 0.3) is 0 Å². The van der Waals surface area contributed by atoms with Crippen LogP contribution in [-0.4, -0.2) is 23.3 Å². The van der Waals surface area contributed by atoms with E-state index in [2.05, 4.69) is 13.0 Å². The van der Waals surface area contributed by atoms with Gasteiger partial charge in [0.1, 0.15) is 11.6 Å². The fraction of sp³-hybridized carbons (Fsp3) is 0.800. The zero-order valence-electron chi connectivity index (χ0n) is 14.1. The summed E-state index contributed by atoms with van der Waals surface area (Å²) in [4.78, 5) is 24.4. The minimum Gasteiger partial charge on any atom is -0.396 e. The van der Waals surface area contributed by atoms with E-state index < -0.39 is 0 Å². The molecule has 126 valence electrons. The highest BCUT2D eigenvalue weighted by Crippen LogP contribution is 2.64. The highest BCUT2D eigenvalue weighted by Gasteiger charge is 2.59. The Bertz CT molecular complexity index is 577. The second-order valence-electron chi connectivity index (χ2n) is 8.61. The number of aliphatic hydroxyl groups excluding tert-OH is 1. The first-order chi connectivity index (χ1) is 11.0. The van der Waals surface area contributed by atoms with Gasteiger partial charge in [-0.2, -0.15) is 0 Å². The molecule has 5 atom stereocenters. The fourth-order valence-electron chi connectivity index (χ4n) is 6.72. The summed E-state index contributed by atoms with van der Waals surface area (Å²) in [5, 5.41) is 9.72. The first kappa shape index (κ1) is 15.6. The molecule has 3 saturated carbocycles. The van der Waals surface area contributed by atoms with E-state index in [0.29, 0.717) is 42.2 Å². The van der Waals surface area contributed by atoms with E-state index in [1.54, 1.807) is 0 Å². The third kappa shape index (κ3) is 2.05. The van der Waals surface area contributed by atoms with E-state index in [0.717, 1.165) is 44.9 Å². The van der Waals surface area contributed by atoms with Crippen LogP contribution in [0.4, 0.5) is 0 Å². The number of fused-ring (bicyclic) bond motifs is 5. The van der Waals surface area contributed by atoms with E-state index in [-0.39, 0.29) is 17.4 Å². The number of ketones is 2. The Labute approximate surface area is 138 Å². The van der Waals surface area contributed by atoms with Crippen LogP contribution < -0.4 is 0 Å². The lowest BCUT2D eigenvalue weighted by atomic mass is 9.47. The summed E-state index contributed by atoms with van der Waals surface area (Å²) < 4.78 is 0. The molecule has 0 aromatic heterocycles. The molecule has 4 aliphatic rings. The molecule has 1 N–H and O–H groups in total. The molecule has 0 saturated heterocycles. The summed E-state index contributed by atoms with van der Waals surface area (Å²) >= 11 is 0. The van der Waals surface area contributed by atoms with Crippen molar-refractivity contribution in [2.45, 2.75) is 64.7 Å². The lowest BCUT2D eigenvalue weighted by Gasteiger charge is -2.57. The highest BCUT2D eigenvalue weighted by molar-refractivity contribution is 5.87. The molecule has 0 spiro atoms. The number of hydrogen-bond donors (Lipinski definition) is 1. The quantitative estimate of drug-likeness (QED) is 0.794. The van der Waals surface area contributed by atoms with Gasteiger partial charge in [0.25, 0.3) is 0 Å². The standard InChI is InChI=1S/C20H28O3/c1-19-8-7-17-15(16(19)4-5-18(19)23)3-2-13-12-14(22)6-9-20(13,17)10-11-21/h2,15-17,21H,3-12H2,1H3/t15-,16-,17-,19-,20+/m0/s1. The van der Waals surface area contributed by atoms with Gasteiger partial charge < -0.3 is 5.11 Å². The number of hydrogen-bond acceptors (Lipinski definition) is 3. The van der Waals surface area contributed by atoms with Crippen LogP contribution in [0.3, 0.4) is 0 Å². The summed E-state index contributed by atoms with van der Waals surface area (Å²) in [6.45, 7) is 2.40. The fourth-order valence-corrected chi connectivity index (χ4v) is 6.72. The van der Waals surface area contributed by atoms with Crippen LogP contribution in [0.2, 0.25) is 0 Å². The second kappa shape index (κ2) is 5.27. The maximum atomic E-state index is 12.4. The van der Waals surface area contributed by atoms with Gasteiger partial charge >= 0.3 is 0 Å². The van der Waals surface area contributed by atoms with Crippen molar-refractivity contribution in [1.29, 1.82) is 0 Å². The smallest absolute Gasteiger partial charge is 0.139 e. The van der Waals surface area contributed by atoms with Crippen molar-refractivity contribution in [3.63, 3.8) is 0 Å². The molecule has 3 heteroatoms. The molecule has 0 unspecified atom stereocenters. The summed E-state index contributed by atoms with van der Waals surface area (Å²) in [7, 11) is 0. The van der Waals surface area contributed by atoms with Gasteiger partial charge in [0.2, 0.25) is 0 Å². The molecule has 0 radical (unpaired) electrons. The van der Waals surface area contributed by atoms with Gasteiger partial charge in [-0.25, -0.2) is 0 Å². The maximum absolute atomic E-state index is 12.4. The van der Waals surface area contributed by atoms with Crippen molar-refractivity contribution >= 4 is 11.6 Å². The molecule has 0 aromatic carbocycles. The second-order valence-corrected chi connectivity index (χ2v) is 8.61. The minimum absolute atomic E-state index is 0.0402. The van der Waals surface area contributed by atoms with E-state index in [1.807, 2.05) is 0 Å². The molecule has 0 bridgehead atoms. The first-order valence-corrected chi connectivity index (χ1v) is 9.37. The molecule has 3 nitrogen and oxygen atoms in total. The van der Waals surface area contributed by atoms with Crippen LogP contribution >= 0.6 is 0 Å². The predicted octanol–water partition coefficient (Wildman–Crippen LogP) is 3.45. The Hall–Kier alpha value is -0.960. The molecule has 4 rings (SSSR count). The zero-order chi connectivity index (χ0) is 16.2. The average Bonchev–Trinajstić information content (AvgIpc) is 2.84. The molecule has 23 heavy (non-hydrogen) atoms. The number of Topliss-reactive ketones (excluding diaryl/α,β-unsaturated/α-hetero) is 2. The van der Waals surface area contributed by atoms with Crippen LogP contribution in [-0.2, 0) is 9.59 Å². The summed E-state index contributed by atoms with van der Waals surface area (Å²) in [5.41, 5.74) is 1.26. The summed E-state index contributed by atoms with van der Waals surface area (Å²) in [6.07, 6.45) is 10.2. The van der Waals surface area contributed by atoms with Gasteiger partial charge in [-0.05, 0) is 61.7 Å². The molecule has 0 amide bonds. The van der Waals surface area contributed by atoms with Gasteiger partial charge in [-0.3, -0.25) is 9.59 Å². The van der Waals surface area contributed by atoms with Crippen LogP contribution in [0, 0.1) is 28.6 Å². The summed E-state index contributed by atoms with van der Waals surface area (Å²) in [5.74, 6) is 2.49. The predicted molar refractivity (Wildman–Crippen MR) is 87.7 cm³/mol. The molecule has 4 aliphatic carbocycles. The Kier molecular flexibility index (Phi) is 3.57. The van der Waals surface area contributed by atoms with E-state index >= 15 is 0 Å². The monoisotopic (exact) mass is 316 g/mol. The molecule has 3 fully saturated rings. The number of allylic oxidation sites excluding steroid dienone is 2. The molecule has 0 aliphatic heterocycles. The van der Waals surface area contributed by atoms with Crippen molar-refractivity contribution in [2.24, 2.45) is 28.6 Å². The van der Waals surface area contributed by atoms with Crippen LogP contribution in [0.1, 0.15) is 64.7 Å². The Balaban J connectivity index is 1.73. The van der Waals surface area contributed by atoms with E-state index in [9.17, 15) is 14.7 Å². The molecule has 0 heterocycles. The lowest BCUT2D eigenvalue weighted by Crippen LogP contribution is -2.51. The zero-order valence-corrected chi connectivity index (χ0v) is 14.1.